The zero-order valence-electron chi connectivity index (χ0n) is 14.8. The third-order valence-corrected chi connectivity index (χ3v) is 5.26. The van der Waals surface area contributed by atoms with Crippen molar-refractivity contribution in [1.29, 1.82) is 0 Å². The van der Waals surface area contributed by atoms with E-state index in [-0.39, 0.29) is 30.9 Å². The van der Waals surface area contributed by atoms with Crippen LogP contribution in [0, 0.1) is 0 Å². The predicted octanol–water partition coefficient (Wildman–Crippen LogP) is 4.35. The lowest BCUT2D eigenvalue weighted by molar-refractivity contribution is -0.0632. The molecular weight excluding hydrogens is 378 g/mol. The predicted molar refractivity (Wildman–Crippen MR) is 91.8 cm³/mol. The Bertz CT molecular complexity index is 784. The maximum absolute atomic E-state index is 13.1. The highest BCUT2D eigenvalue weighted by atomic mass is 19.3. The lowest BCUT2D eigenvalue weighted by Crippen LogP contribution is -2.47. The first kappa shape index (κ1) is 19.3. The summed E-state index contributed by atoms with van der Waals surface area (Å²) in [4.78, 5) is 1.75. The van der Waals surface area contributed by atoms with Gasteiger partial charge in [0.25, 0.3) is 12.9 Å². The summed E-state index contributed by atoms with van der Waals surface area (Å²) in [6.45, 7) is -0.000697. The van der Waals surface area contributed by atoms with Gasteiger partial charge in [0.1, 0.15) is 12.5 Å². The van der Waals surface area contributed by atoms with Gasteiger partial charge in [0.05, 0.1) is 25.4 Å². The minimum atomic E-state index is -2.63. The Morgan fingerprint density at radius 2 is 1.36 bits per heavy atom. The second-order valence-electron chi connectivity index (χ2n) is 7.06. The van der Waals surface area contributed by atoms with Crippen LogP contribution in [0.3, 0.4) is 0 Å². The monoisotopic (exact) mass is 397 g/mol. The van der Waals surface area contributed by atoms with Gasteiger partial charge >= 0.3 is 0 Å². The molecular formula is C20H19F4NO3. The normalized spacial score (nSPS) is 27.7. The van der Waals surface area contributed by atoms with Crippen molar-refractivity contribution in [1.82, 2.24) is 4.90 Å². The Labute approximate surface area is 159 Å². The van der Waals surface area contributed by atoms with E-state index in [0.29, 0.717) is 11.1 Å². The number of alkyl halides is 4. The highest BCUT2D eigenvalue weighted by Gasteiger charge is 2.56. The first-order chi connectivity index (χ1) is 13.4. The average molecular weight is 397 g/mol. The maximum atomic E-state index is 13.1. The van der Waals surface area contributed by atoms with Crippen molar-refractivity contribution in [3.63, 3.8) is 0 Å². The van der Waals surface area contributed by atoms with E-state index in [4.69, 9.17) is 9.47 Å². The molecule has 0 radical (unpaired) electrons. The number of halogens is 4. The summed E-state index contributed by atoms with van der Waals surface area (Å²) in [5.74, 6) is 0. The van der Waals surface area contributed by atoms with Gasteiger partial charge in [0.2, 0.25) is 0 Å². The number of aliphatic hydroxyl groups is 1. The summed E-state index contributed by atoms with van der Waals surface area (Å²) in [5, 5.41) is 10.0. The molecule has 0 bridgehead atoms. The minimum absolute atomic E-state index is 0.137. The molecule has 0 aliphatic carbocycles. The third kappa shape index (κ3) is 3.20. The molecule has 2 aliphatic rings. The van der Waals surface area contributed by atoms with Crippen LogP contribution in [0.5, 0.6) is 0 Å². The molecule has 0 aromatic heterocycles. The number of rotatable bonds is 5. The number of benzene rings is 2. The maximum Gasteiger partial charge on any atom is 0.263 e. The minimum Gasteiger partial charge on any atom is -0.394 e. The van der Waals surface area contributed by atoms with Crippen molar-refractivity contribution in [2.75, 3.05) is 19.8 Å². The zero-order chi connectivity index (χ0) is 19.9. The quantitative estimate of drug-likeness (QED) is 0.762. The summed E-state index contributed by atoms with van der Waals surface area (Å²) in [6.07, 6.45) is -6.74. The average Bonchev–Trinajstić information content (AvgIpc) is 3.25. The van der Waals surface area contributed by atoms with E-state index in [9.17, 15) is 22.7 Å². The van der Waals surface area contributed by atoms with Crippen molar-refractivity contribution in [2.45, 2.75) is 30.8 Å². The van der Waals surface area contributed by atoms with Gasteiger partial charge in [-0.2, -0.15) is 0 Å². The molecule has 1 unspecified atom stereocenters. The van der Waals surface area contributed by atoms with E-state index in [1.165, 1.54) is 36.4 Å². The molecule has 0 amide bonds. The van der Waals surface area contributed by atoms with Crippen LogP contribution in [0.2, 0.25) is 0 Å². The van der Waals surface area contributed by atoms with Crippen LogP contribution in [0.15, 0.2) is 48.5 Å². The van der Waals surface area contributed by atoms with E-state index in [2.05, 4.69) is 0 Å². The molecule has 2 fully saturated rings. The van der Waals surface area contributed by atoms with Crippen molar-refractivity contribution < 1.29 is 32.1 Å². The summed E-state index contributed by atoms with van der Waals surface area (Å²) in [5.41, 5.74) is -0.156. The third-order valence-electron chi connectivity index (χ3n) is 5.26. The van der Waals surface area contributed by atoms with E-state index >= 15 is 0 Å². The second kappa shape index (κ2) is 7.44. The fraction of sp³-hybridized carbons (Fsp3) is 0.400. The number of fused-ring (bicyclic) bond motifs is 1. The summed E-state index contributed by atoms with van der Waals surface area (Å²) in [7, 11) is 0. The van der Waals surface area contributed by atoms with Gasteiger partial charge in [-0.15, -0.1) is 0 Å². The summed E-state index contributed by atoms with van der Waals surface area (Å²) in [6, 6.07) is 11.7. The fourth-order valence-corrected chi connectivity index (χ4v) is 3.82. The van der Waals surface area contributed by atoms with Gasteiger partial charge in [-0.05, 0) is 23.3 Å². The van der Waals surface area contributed by atoms with Gasteiger partial charge in [0, 0.05) is 11.1 Å². The SMILES string of the molecule is OC[C@]12COC(c3cccc(C(F)F)c3)N1[C@H](c1cccc(C(F)F)c1)OC2. The molecule has 0 spiro atoms. The Morgan fingerprint density at radius 3 is 1.75 bits per heavy atom. The Hall–Kier alpha value is -2.00. The van der Waals surface area contributed by atoms with Crippen LogP contribution in [0.4, 0.5) is 17.6 Å². The van der Waals surface area contributed by atoms with E-state index < -0.39 is 30.8 Å². The molecule has 2 aromatic carbocycles. The van der Waals surface area contributed by atoms with Gasteiger partial charge in [-0.3, -0.25) is 0 Å². The Morgan fingerprint density at radius 1 is 0.893 bits per heavy atom. The summed E-state index contributed by atoms with van der Waals surface area (Å²) >= 11 is 0. The highest BCUT2D eigenvalue weighted by Crippen LogP contribution is 2.49. The molecule has 2 saturated heterocycles. The van der Waals surface area contributed by atoms with Crippen molar-refractivity contribution >= 4 is 0 Å². The Kier molecular flexibility index (Phi) is 5.13. The van der Waals surface area contributed by atoms with Crippen LogP contribution in [-0.4, -0.2) is 35.4 Å². The number of aliphatic hydroxyl groups excluding tert-OH is 1. The number of hydrogen-bond donors (Lipinski definition) is 1. The molecule has 3 atom stereocenters. The van der Waals surface area contributed by atoms with E-state index in [0.717, 1.165) is 0 Å². The Balaban J connectivity index is 1.72. The molecule has 8 heteroatoms. The molecule has 2 heterocycles. The molecule has 2 aliphatic heterocycles. The largest absolute Gasteiger partial charge is 0.394 e. The second-order valence-corrected chi connectivity index (χ2v) is 7.06. The highest BCUT2D eigenvalue weighted by molar-refractivity contribution is 5.31. The van der Waals surface area contributed by atoms with Crippen LogP contribution in [0.25, 0.3) is 0 Å². The van der Waals surface area contributed by atoms with Crippen LogP contribution in [0.1, 0.15) is 47.6 Å². The number of nitrogens with zero attached hydrogens (tertiary/aromatic N) is 1. The van der Waals surface area contributed by atoms with Crippen LogP contribution in [-0.2, 0) is 9.47 Å². The first-order valence-electron chi connectivity index (χ1n) is 8.84. The standard InChI is InChI=1S/C20H19F4NO3/c21-16(22)12-3-1-5-14(7-12)18-25-19(28-11-20(25,9-26)10-27-18)15-6-2-4-13(8-15)17(23)24/h1-8,16-19,26H,9-11H2/t18-,19?,20-/m0/s1. The molecule has 1 N–H and O–H groups in total. The van der Waals surface area contributed by atoms with Gasteiger partial charge in [-0.25, -0.2) is 22.5 Å². The number of ether oxygens (including phenoxy) is 2. The molecule has 4 nitrogen and oxygen atoms in total. The summed E-state index contributed by atoms with van der Waals surface area (Å²) < 4.78 is 64.2. The number of hydrogen-bond acceptors (Lipinski definition) is 4. The first-order valence-corrected chi connectivity index (χ1v) is 8.84. The van der Waals surface area contributed by atoms with Gasteiger partial charge in [0.15, 0.2) is 0 Å². The van der Waals surface area contributed by atoms with Crippen molar-refractivity contribution in [2.24, 2.45) is 0 Å². The van der Waals surface area contributed by atoms with Gasteiger partial charge in [-0.1, -0.05) is 36.4 Å². The van der Waals surface area contributed by atoms with Crippen molar-refractivity contribution in [3.8, 4) is 0 Å². The van der Waals surface area contributed by atoms with Crippen LogP contribution >= 0.6 is 0 Å². The molecule has 28 heavy (non-hydrogen) atoms. The van der Waals surface area contributed by atoms with Crippen LogP contribution < -0.4 is 0 Å². The van der Waals surface area contributed by atoms with Gasteiger partial charge < -0.3 is 14.6 Å². The lowest BCUT2D eigenvalue weighted by Gasteiger charge is -2.33. The van der Waals surface area contributed by atoms with Crippen molar-refractivity contribution in [3.05, 3.63) is 70.8 Å². The molecule has 4 rings (SSSR count). The lowest BCUT2D eigenvalue weighted by atomic mass is 10.00. The topological polar surface area (TPSA) is 41.9 Å². The smallest absolute Gasteiger partial charge is 0.263 e. The zero-order valence-corrected chi connectivity index (χ0v) is 14.8. The molecule has 150 valence electrons. The molecule has 0 saturated carbocycles. The van der Waals surface area contributed by atoms with E-state index in [1.807, 2.05) is 0 Å². The fourth-order valence-electron chi connectivity index (χ4n) is 3.82. The molecule has 2 aromatic rings. The van der Waals surface area contributed by atoms with E-state index in [1.54, 1.807) is 17.0 Å².